The van der Waals surface area contributed by atoms with E-state index in [1.165, 1.54) is 18.5 Å². The summed E-state index contributed by atoms with van der Waals surface area (Å²) < 4.78 is 7.35. The SMILES string of the molecule is COc1cccc2nc(C3CCCNC3)cn12. The van der Waals surface area contributed by atoms with Crippen molar-refractivity contribution in [2.45, 2.75) is 18.8 Å². The van der Waals surface area contributed by atoms with Crippen LogP contribution >= 0.6 is 0 Å². The van der Waals surface area contributed by atoms with Gasteiger partial charge in [0.2, 0.25) is 0 Å². The standard InChI is InChI=1S/C13H17N3O/c1-17-13-6-2-5-12-15-11(9-16(12)13)10-4-3-7-14-8-10/h2,5-6,9-10,14H,3-4,7-8H2,1H3. The van der Waals surface area contributed by atoms with Gasteiger partial charge in [-0.25, -0.2) is 4.98 Å². The molecule has 0 spiro atoms. The maximum Gasteiger partial charge on any atom is 0.198 e. The number of ether oxygens (including phenoxy) is 1. The lowest BCUT2D eigenvalue weighted by atomic mass is 9.97. The molecule has 0 aromatic carbocycles. The normalized spacial score (nSPS) is 20.6. The lowest BCUT2D eigenvalue weighted by Gasteiger charge is -2.20. The van der Waals surface area contributed by atoms with Crippen LogP contribution in [0.5, 0.6) is 5.88 Å². The number of pyridine rings is 1. The van der Waals surface area contributed by atoms with Crippen LogP contribution < -0.4 is 10.1 Å². The first-order valence-corrected chi connectivity index (χ1v) is 6.11. The highest BCUT2D eigenvalue weighted by atomic mass is 16.5. The summed E-state index contributed by atoms with van der Waals surface area (Å²) in [5.74, 6) is 1.37. The van der Waals surface area contributed by atoms with Crippen molar-refractivity contribution in [2.24, 2.45) is 0 Å². The maximum atomic E-state index is 5.34. The molecule has 1 aliphatic heterocycles. The average molecular weight is 231 g/mol. The van der Waals surface area contributed by atoms with Gasteiger partial charge in [0.05, 0.1) is 12.8 Å². The molecule has 17 heavy (non-hydrogen) atoms. The van der Waals surface area contributed by atoms with E-state index in [-0.39, 0.29) is 0 Å². The number of hydrogen-bond acceptors (Lipinski definition) is 3. The molecule has 1 atom stereocenters. The van der Waals surface area contributed by atoms with E-state index in [1.807, 2.05) is 22.6 Å². The molecule has 0 bridgehead atoms. The molecule has 1 N–H and O–H groups in total. The molecule has 3 heterocycles. The third-order valence-electron chi connectivity index (χ3n) is 3.40. The Morgan fingerprint density at radius 3 is 3.18 bits per heavy atom. The number of nitrogens with zero attached hydrogens (tertiary/aromatic N) is 2. The summed E-state index contributed by atoms with van der Waals surface area (Å²) in [5.41, 5.74) is 2.13. The number of hydrogen-bond donors (Lipinski definition) is 1. The highest BCUT2D eigenvalue weighted by Gasteiger charge is 2.18. The topological polar surface area (TPSA) is 38.6 Å². The van der Waals surface area contributed by atoms with Crippen molar-refractivity contribution in [3.8, 4) is 5.88 Å². The Hall–Kier alpha value is -1.55. The molecule has 1 unspecified atom stereocenters. The second-order valence-corrected chi connectivity index (χ2v) is 4.51. The van der Waals surface area contributed by atoms with Gasteiger partial charge in [-0.1, -0.05) is 6.07 Å². The first kappa shape index (κ1) is 10.6. The fourth-order valence-electron chi connectivity index (χ4n) is 2.47. The van der Waals surface area contributed by atoms with Crippen LogP contribution in [0.4, 0.5) is 0 Å². The largest absolute Gasteiger partial charge is 0.482 e. The second-order valence-electron chi connectivity index (χ2n) is 4.51. The van der Waals surface area contributed by atoms with Crippen molar-refractivity contribution < 1.29 is 4.74 Å². The van der Waals surface area contributed by atoms with Gasteiger partial charge in [-0.3, -0.25) is 4.40 Å². The summed E-state index contributed by atoms with van der Waals surface area (Å²) >= 11 is 0. The Morgan fingerprint density at radius 2 is 2.41 bits per heavy atom. The minimum atomic E-state index is 0.536. The third kappa shape index (κ3) is 1.89. The summed E-state index contributed by atoms with van der Waals surface area (Å²) in [6.07, 6.45) is 4.56. The predicted molar refractivity (Wildman–Crippen MR) is 66.6 cm³/mol. The summed E-state index contributed by atoms with van der Waals surface area (Å²) in [6, 6.07) is 5.95. The third-order valence-corrected chi connectivity index (χ3v) is 3.40. The van der Waals surface area contributed by atoms with Crippen molar-refractivity contribution in [1.29, 1.82) is 0 Å². The molecule has 4 nitrogen and oxygen atoms in total. The highest BCUT2D eigenvalue weighted by molar-refractivity contribution is 5.44. The zero-order valence-corrected chi connectivity index (χ0v) is 10.0. The van der Waals surface area contributed by atoms with Gasteiger partial charge < -0.3 is 10.1 Å². The quantitative estimate of drug-likeness (QED) is 0.856. The zero-order valence-electron chi connectivity index (χ0n) is 10.0. The number of nitrogens with one attached hydrogen (secondary N) is 1. The number of methoxy groups -OCH3 is 1. The van der Waals surface area contributed by atoms with E-state index in [1.54, 1.807) is 7.11 Å². The zero-order chi connectivity index (χ0) is 11.7. The number of piperidine rings is 1. The first-order valence-electron chi connectivity index (χ1n) is 6.11. The number of rotatable bonds is 2. The predicted octanol–water partition coefficient (Wildman–Crippen LogP) is 1.81. The van der Waals surface area contributed by atoms with Crippen molar-refractivity contribution in [3.05, 3.63) is 30.1 Å². The van der Waals surface area contributed by atoms with E-state index in [9.17, 15) is 0 Å². The van der Waals surface area contributed by atoms with E-state index < -0.39 is 0 Å². The van der Waals surface area contributed by atoms with Crippen LogP contribution in [0.25, 0.3) is 5.65 Å². The van der Waals surface area contributed by atoms with Gasteiger partial charge in [-0.05, 0) is 31.5 Å². The molecular formula is C13H17N3O. The molecular weight excluding hydrogens is 214 g/mol. The molecule has 1 aliphatic rings. The summed E-state index contributed by atoms with van der Waals surface area (Å²) in [6.45, 7) is 2.17. The van der Waals surface area contributed by atoms with Crippen LogP contribution in [-0.4, -0.2) is 29.6 Å². The molecule has 0 saturated carbocycles. The minimum Gasteiger partial charge on any atom is -0.482 e. The average Bonchev–Trinajstić information content (AvgIpc) is 2.83. The highest BCUT2D eigenvalue weighted by Crippen LogP contribution is 2.24. The van der Waals surface area contributed by atoms with Crippen molar-refractivity contribution in [3.63, 3.8) is 0 Å². The molecule has 0 aliphatic carbocycles. The number of imidazole rings is 1. The lowest BCUT2D eigenvalue weighted by molar-refractivity contribution is 0.392. The van der Waals surface area contributed by atoms with E-state index in [2.05, 4.69) is 16.5 Å². The minimum absolute atomic E-state index is 0.536. The fourth-order valence-corrected chi connectivity index (χ4v) is 2.47. The number of fused-ring (bicyclic) bond motifs is 1. The summed E-state index contributed by atoms with van der Waals surface area (Å²) in [7, 11) is 1.69. The molecule has 1 fully saturated rings. The van der Waals surface area contributed by atoms with Gasteiger partial charge in [0.1, 0.15) is 5.65 Å². The van der Waals surface area contributed by atoms with E-state index in [0.29, 0.717) is 5.92 Å². The second kappa shape index (κ2) is 4.37. The van der Waals surface area contributed by atoms with E-state index >= 15 is 0 Å². The summed E-state index contributed by atoms with van der Waals surface area (Å²) in [4.78, 5) is 4.69. The van der Waals surface area contributed by atoms with Gasteiger partial charge in [0.15, 0.2) is 5.88 Å². The van der Waals surface area contributed by atoms with Crippen molar-refractivity contribution >= 4 is 5.65 Å². The van der Waals surface area contributed by atoms with Crippen molar-refractivity contribution in [2.75, 3.05) is 20.2 Å². The molecule has 2 aromatic rings. The fraction of sp³-hybridized carbons (Fsp3) is 0.462. The molecule has 2 aromatic heterocycles. The van der Waals surface area contributed by atoms with Crippen LogP contribution in [0, 0.1) is 0 Å². The van der Waals surface area contributed by atoms with Crippen LogP contribution in [0.2, 0.25) is 0 Å². The number of aromatic nitrogens is 2. The maximum absolute atomic E-state index is 5.34. The smallest absolute Gasteiger partial charge is 0.198 e. The van der Waals surface area contributed by atoms with Crippen LogP contribution in [-0.2, 0) is 0 Å². The molecule has 0 amide bonds. The Morgan fingerprint density at radius 1 is 1.47 bits per heavy atom. The summed E-state index contributed by atoms with van der Waals surface area (Å²) in [5, 5.41) is 3.43. The lowest BCUT2D eigenvalue weighted by Crippen LogP contribution is -2.28. The molecule has 4 heteroatoms. The van der Waals surface area contributed by atoms with Crippen LogP contribution in [0.3, 0.4) is 0 Å². The van der Waals surface area contributed by atoms with Crippen LogP contribution in [0.15, 0.2) is 24.4 Å². The van der Waals surface area contributed by atoms with Crippen LogP contribution in [0.1, 0.15) is 24.5 Å². The Labute approximate surface area is 101 Å². The Balaban J connectivity index is 2.00. The monoisotopic (exact) mass is 231 g/mol. The molecule has 90 valence electrons. The van der Waals surface area contributed by atoms with Gasteiger partial charge in [0, 0.05) is 18.7 Å². The van der Waals surface area contributed by atoms with Gasteiger partial charge >= 0.3 is 0 Å². The Kier molecular flexibility index (Phi) is 2.73. The van der Waals surface area contributed by atoms with E-state index in [4.69, 9.17) is 4.74 Å². The molecule has 0 radical (unpaired) electrons. The van der Waals surface area contributed by atoms with Gasteiger partial charge in [-0.15, -0.1) is 0 Å². The van der Waals surface area contributed by atoms with E-state index in [0.717, 1.165) is 24.6 Å². The van der Waals surface area contributed by atoms with Crippen molar-refractivity contribution in [1.82, 2.24) is 14.7 Å². The van der Waals surface area contributed by atoms with Gasteiger partial charge in [-0.2, -0.15) is 0 Å². The Bertz CT molecular complexity index is 514. The molecule has 1 saturated heterocycles. The van der Waals surface area contributed by atoms with Gasteiger partial charge in [0.25, 0.3) is 0 Å². The molecule has 3 rings (SSSR count). The first-order chi connectivity index (χ1) is 8.38.